The predicted molar refractivity (Wildman–Crippen MR) is 179 cm³/mol. The van der Waals surface area contributed by atoms with Crippen molar-refractivity contribution in [1.29, 1.82) is 0 Å². The Hall–Kier alpha value is -4.58. The van der Waals surface area contributed by atoms with Gasteiger partial charge in [0.2, 0.25) is 11.8 Å². The molecule has 52 heavy (non-hydrogen) atoms. The van der Waals surface area contributed by atoms with Crippen molar-refractivity contribution >= 4 is 19.1 Å². The molecule has 11 nitrogen and oxygen atoms in total. The van der Waals surface area contributed by atoms with Crippen LogP contribution in [0.25, 0.3) is 33.9 Å². The lowest BCUT2D eigenvalue weighted by Crippen LogP contribution is -2.22. The van der Waals surface area contributed by atoms with E-state index in [1.807, 2.05) is 11.5 Å². The first-order valence-corrected chi connectivity index (χ1v) is 20.6. The second-order valence-electron chi connectivity index (χ2n) is 14.3. The van der Waals surface area contributed by atoms with Crippen molar-refractivity contribution in [2.45, 2.75) is 96.4 Å². The van der Waals surface area contributed by atoms with Gasteiger partial charge in [-0.15, -0.1) is 0 Å². The molecule has 18 heteroatoms. The van der Waals surface area contributed by atoms with Gasteiger partial charge in [0.1, 0.15) is 36.4 Å². The van der Waals surface area contributed by atoms with E-state index in [2.05, 4.69) is 44.6 Å². The molecule has 5 aromatic heterocycles. The van der Waals surface area contributed by atoms with Crippen LogP contribution in [0.3, 0.4) is 0 Å². The highest BCUT2D eigenvalue weighted by Crippen LogP contribution is 2.46. The van der Waals surface area contributed by atoms with E-state index in [9.17, 15) is 22.0 Å². The van der Waals surface area contributed by atoms with Gasteiger partial charge in [-0.2, -0.15) is 26.9 Å². The maximum absolute atomic E-state index is 15.6. The summed E-state index contributed by atoms with van der Waals surface area (Å²) in [4.78, 5) is 25.6. The quantitative estimate of drug-likeness (QED) is 0.0629. The number of rotatable bonds is 14. The maximum Gasteiger partial charge on any atom is 0.434 e. The minimum atomic E-state index is -4.70. The zero-order valence-electron chi connectivity index (χ0n) is 28.8. The average Bonchev–Trinajstić information content (AvgIpc) is 4.00. The van der Waals surface area contributed by atoms with Gasteiger partial charge in [-0.25, -0.2) is 29.3 Å². The van der Waals surface area contributed by atoms with Gasteiger partial charge < -0.3 is 23.3 Å². The van der Waals surface area contributed by atoms with E-state index in [-0.39, 0.29) is 65.5 Å². The molecule has 0 bridgehead atoms. The number of hydrogen-bond donors (Lipinski definition) is 0. The van der Waals surface area contributed by atoms with Gasteiger partial charge in [-0.05, 0) is 50.8 Å². The first-order valence-electron chi connectivity index (χ1n) is 16.9. The summed E-state index contributed by atoms with van der Waals surface area (Å²) >= 11 is 0. The Morgan fingerprint density at radius 1 is 0.981 bits per heavy atom. The number of aromatic nitrogens is 8. The fourth-order valence-corrected chi connectivity index (χ4v) is 6.57. The zero-order valence-corrected chi connectivity index (χ0v) is 29.8. The van der Waals surface area contributed by atoms with Crippen molar-refractivity contribution in [3.05, 3.63) is 59.3 Å². The first-order chi connectivity index (χ1) is 24.7. The molecule has 2 aliphatic rings. The normalized spacial score (nSPS) is 15.2. The van der Waals surface area contributed by atoms with E-state index < -0.39 is 32.4 Å². The van der Waals surface area contributed by atoms with Gasteiger partial charge in [-0.3, -0.25) is 0 Å². The molecule has 276 valence electrons. The lowest BCUT2D eigenvalue weighted by atomic mass is 10.1. The number of ether oxygens (including phenoxy) is 3. The fourth-order valence-electron chi connectivity index (χ4n) is 5.81. The second kappa shape index (κ2) is 13.8. The number of halogens is 6. The molecular weight excluding hydrogens is 711 g/mol. The Kier molecular flexibility index (Phi) is 9.47. The summed E-state index contributed by atoms with van der Waals surface area (Å²) in [6, 6.07) is 3.64. The summed E-state index contributed by atoms with van der Waals surface area (Å²) in [5, 5.41) is 0. The summed E-state index contributed by atoms with van der Waals surface area (Å²) < 4.78 is 103. The van der Waals surface area contributed by atoms with E-state index in [0.717, 1.165) is 43.2 Å². The Morgan fingerprint density at radius 2 is 1.75 bits per heavy atom. The number of alkyl halides is 5. The molecule has 0 atom stereocenters. The average molecular weight is 747 g/mol. The fraction of sp³-hybridized carbons (Fsp3) is 0.471. The van der Waals surface area contributed by atoms with Gasteiger partial charge in [0.25, 0.3) is 0 Å². The highest BCUT2D eigenvalue weighted by molar-refractivity contribution is 6.76. The van der Waals surface area contributed by atoms with E-state index in [4.69, 9.17) is 19.2 Å². The van der Waals surface area contributed by atoms with E-state index in [1.54, 1.807) is 6.07 Å². The smallest absolute Gasteiger partial charge is 0.434 e. The van der Waals surface area contributed by atoms with Gasteiger partial charge in [-0.1, -0.05) is 19.6 Å². The molecule has 2 aliphatic carbocycles. The summed E-state index contributed by atoms with van der Waals surface area (Å²) in [7, 11) is -1.38. The topological polar surface area (TPSA) is 115 Å². The molecule has 7 rings (SSSR count). The Morgan fingerprint density at radius 3 is 2.40 bits per heavy atom. The second-order valence-corrected chi connectivity index (χ2v) is 19.9. The van der Waals surface area contributed by atoms with Crippen LogP contribution in [0.1, 0.15) is 60.3 Å². The molecule has 2 saturated carbocycles. The molecule has 0 aromatic carbocycles. The van der Waals surface area contributed by atoms with Crippen LogP contribution in [0, 0.1) is 12.7 Å². The predicted octanol–water partition coefficient (Wildman–Crippen LogP) is 8.32. The van der Waals surface area contributed by atoms with Crippen LogP contribution in [-0.2, 0) is 24.3 Å². The van der Waals surface area contributed by atoms with Gasteiger partial charge in [0.15, 0.2) is 23.2 Å². The molecule has 0 aliphatic heterocycles. The third-order valence-corrected chi connectivity index (χ3v) is 10.5. The molecule has 0 unspecified atom stereocenters. The number of hydrogen-bond acceptors (Lipinski definition) is 9. The molecule has 5 heterocycles. The molecule has 0 saturated heterocycles. The number of nitrogens with zero attached hydrogens (tertiary/aromatic N) is 8. The van der Waals surface area contributed by atoms with Gasteiger partial charge in [0, 0.05) is 50.3 Å². The monoisotopic (exact) mass is 746 g/mol. The molecule has 0 spiro atoms. The standard InChI is InChI=1S/C34H36F6N8O3Si/c1-18-11-23-28(48(18)17-49-9-10-52(2,3)4)32(46-29(44-23)25-26(20-5-6-20)42-16-43-31(25)51-33(36)37)50-15-19-12-22(35)27(41-13-19)30-45-24(34(38,39)40)14-47(30)21-7-8-21/h11-14,16,20-21,33H,5-10,15,17H2,1-4H3. The molecule has 2 fully saturated rings. The Balaban J connectivity index is 1.25. The third-order valence-electron chi connectivity index (χ3n) is 8.82. The van der Waals surface area contributed by atoms with Crippen LogP contribution in [-0.4, -0.2) is 60.3 Å². The van der Waals surface area contributed by atoms with Crippen LogP contribution in [0.2, 0.25) is 25.7 Å². The summed E-state index contributed by atoms with van der Waals surface area (Å²) in [5.41, 5.74) is 1.04. The summed E-state index contributed by atoms with van der Waals surface area (Å²) in [6.45, 7) is 5.85. The number of fused-ring (bicyclic) bond motifs is 1. The zero-order chi connectivity index (χ0) is 36.9. The van der Waals surface area contributed by atoms with E-state index in [0.29, 0.717) is 36.2 Å². The van der Waals surface area contributed by atoms with E-state index in [1.165, 1.54) is 10.8 Å². The molecule has 0 amide bonds. The van der Waals surface area contributed by atoms with Crippen LogP contribution in [0.4, 0.5) is 26.3 Å². The van der Waals surface area contributed by atoms with Gasteiger partial charge in [0.05, 0.1) is 11.2 Å². The molecule has 0 N–H and O–H groups in total. The molecular formula is C34H36F6N8O3Si. The van der Waals surface area contributed by atoms with E-state index >= 15 is 4.39 Å². The number of imidazole rings is 1. The number of aryl methyl sites for hydroxylation is 1. The van der Waals surface area contributed by atoms with Crippen molar-refractivity contribution in [3.8, 4) is 34.7 Å². The highest BCUT2D eigenvalue weighted by Gasteiger charge is 2.38. The van der Waals surface area contributed by atoms with Crippen molar-refractivity contribution in [2.75, 3.05) is 6.61 Å². The lowest BCUT2D eigenvalue weighted by Gasteiger charge is -2.17. The van der Waals surface area contributed by atoms with Crippen LogP contribution >= 0.6 is 0 Å². The third kappa shape index (κ3) is 7.77. The Labute approximate surface area is 295 Å². The maximum atomic E-state index is 15.6. The highest BCUT2D eigenvalue weighted by atomic mass is 28.3. The van der Waals surface area contributed by atoms with Crippen molar-refractivity contribution in [3.63, 3.8) is 0 Å². The van der Waals surface area contributed by atoms with Crippen LogP contribution in [0.5, 0.6) is 11.8 Å². The largest absolute Gasteiger partial charge is 0.471 e. The number of pyridine rings is 1. The minimum absolute atomic E-state index is 0.00415. The van der Waals surface area contributed by atoms with Crippen LogP contribution in [0.15, 0.2) is 30.9 Å². The SMILES string of the molecule is Cc1cc2nc(-c3c(OC(F)F)ncnc3C3CC3)nc(OCc3cnc(-c4nc(C(F)(F)F)cn4C4CC4)c(F)c3)c2n1COCC[Si](C)(C)C. The lowest BCUT2D eigenvalue weighted by molar-refractivity contribution is -0.140. The van der Waals surface area contributed by atoms with Crippen molar-refractivity contribution in [1.82, 2.24) is 39.0 Å². The summed E-state index contributed by atoms with van der Waals surface area (Å²) in [6.07, 6.45) is 1.54. The van der Waals surface area contributed by atoms with Gasteiger partial charge >= 0.3 is 12.8 Å². The minimum Gasteiger partial charge on any atom is -0.471 e. The Bertz CT molecular complexity index is 2110. The summed E-state index contributed by atoms with van der Waals surface area (Å²) in [5.74, 6) is -1.42. The van der Waals surface area contributed by atoms with Crippen LogP contribution < -0.4 is 9.47 Å². The molecule has 0 radical (unpaired) electrons. The molecule has 5 aromatic rings. The van der Waals surface area contributed by atoms with Crippen molar-refractivity contribution < 1.29 is 40.6 Å². The first kappa shape index (κ1) is 35.8. The van der Waals surface area contributed by atoms with Crippen molar-refractivity contribution in [2.24, 2.45) is 0 Å².